The molecule has 0 unspecified atom stereocenters. The fourth-order valence-corrected chi connectivity index (χ4v) is 2.31. The number of hydrogen-bond acceptors (Lipinski definition) is 3. The molecule has 0 aliphatic heterocycles. The molecule has 0 bridgehead atoms. The van der Waals surface area contributed by atoms with Gasteiger partial charge < -0.3 is 10.2 Å². The monoisotopic (exact) mass is 309 g/mol. The molecule has 23 heavy (non-hydrogen) atoms. The van der Waals surface area contributed by atoms with Crippen molar-refractivity contribution >= 4 is 17.8 Å². The van der Waals surface area contributed by atoms with E-state index in [0.717, 1.165) is 18.5 Å². The van der Waals surface area contributed by atoms with Crippen LogP contribution in [-0.2, 0) is 0 Å². The Bertz CT molecular complexity index is 653. The number of nitrogens with zero attached hydrogens (tertiary/aromatic N) is 2. The number of rotatable bonds is 7. The Morgan fingerprint density at radius 2 is 2.04 bits per heavy atom. The molecule has 0 fully saturated rings. The van der Waals surface area contributed by atoms with Crippen LogP contribution in [0.4, 0.5) is 5.82 Å². The van der Waals surface area contributed by atoms with Gasteiger partial charge in [0.15, 0.2) is 0 Å². The quantitative estimate of drug-likeness (QED) is 0.848. The van der Waals surface area contributed by atoms with Gasteiger partial charge in [-0.1, -0.05) is 49.4 Å². The summed E-state index contributed by atoms with van der Waals surface area (Å²) in [6.45, 7) is 3.40. The van der Waals surface area contributed by atoms with Crippen LogP contribution in [-0.4, -0.2) is 35.9 Å². The molecule has 0 saturated carbocycles. The maximum absolute atomic E-state index is 12.7. The van der Waals surface area contributed by atoms with Gasteiger partial charge in [-0.2, -0.15) is 0 Å². The van der Waals surface area contributed by atoms with Crippen molar-refractivity contribution in [3.63, 3.8) is 0 Å². The van der Waals surface area contributed by atoms with E-state index in [1.54, 1.807) is 25.4 Å². The number of amides is 1. The third-order valence-corrected chi connectivity index (χ3v) is 3.48. The summed E-state index contributed by atoms with van der Waals surface area (Å²) in [4.78, 5) is 18.7. The first-order chi connectivity index (χ1) is 11.2. The maximum atomic E-state index is 12.7. The van der Waals surface area contributed by atoms with Crippen molar-refractivity contribution < 1.29 is 4.79 Å². The van der Waals surface area contributed by atoms with Crippen molar-refractivity contribution in [2.75, 3.05) is 25.5 Å². The van der Waals surface area contributed by atoms with E-state index in [0.29, 0.717) is 17.9 Å². The number of nitrogens with one attached hydrogen (secondary N) is 1. The van der Waals surface area contributed by atoms with E-state index < -0.39 is 0 Å². The SMILES string of the molecule is CCCN(CC=Cc1ccccc1)C(=O)c1ccnc(NC)c1. The van der Waals surface area contributed by atoms with Crippen molar-refractivity contribution in [1.29, 1.82) is 0 Å². The Balaban J connectivity index is 2.07. The van der Waals surface area contributed by atoms with Crippen molar-refractivity contribution in [3.8, 4) is 0 Å². The van der Waals surface area contributed by atoms with Gasteiger partial charge in [0.25, 0.3) is 5.91 Å². The highest BCUT2D eigenvalue weighted by molar-refractivity contribution is 5.95. The summed E-state index contributed by atoms with van der Waals surface area (Å²) in [6, 6.07) is 13.6. The largest absolute Gasteiger partial charge is 0.373 e. The summed E-state index contributed by atoms with van der Waals surface area (Å²) in [5.41, 5.74) is 1.80. The van der Waals surface area contributed by atoms with Crippen LogP contribution in [0.25, 0.3) is 6.08 Å². The molecule has 120 valence electrons. The van der Waals surface area contributed by atoms with Crippen molar-refractivity contribution in [1.82, 2.24) is 9.88 Å². The molecule has 1 amide bonds. The van der Waals surface area contributed by atoms with Crippen LogP contribution in [0.15, 0.2) is 54.7 Å². The van der Waals surface area contributed by atoms with Gasteiger partial charge in [-0.15, -0.1) is 0 Å². The van der Waals surface area contributed by atoms with Crippen LogP contribution in [0.1, 0.15) is 29.3 Å². The zero-order valence-corrected chi connectivity index (χ0v) is 13.7. The van der Waals surface area contributed by atoms with Crippen LogP contribution in [0.3, 0.4) is 0 Å². The molecule has 0 saturated heterocycles. The highest BCUT2D eigenvalue weighted by Gasteiger charge is 2.14. The van der Waals surface area contributed by atoms with Crippen LogP contribution >= 0.6 is 0 Å². The first kappa shape index (κ1) is 16.7. The van der Waals surface area contributed by atoms with E-state index in [4.69, 9.17) is 0 Å². The predicted molar refractivity (Wildman–Crippen MR) is 95.5 cm³/mol. The second kappa shape index (κ2) is 8.73. The summed E-state index contributed by atoms with van der Waals surface area (Å²) in [6.07, 6.45) is 6.66. The van der Waals surface area contributed by atoms with Crippen LogP contribution in [0.5, 0.6) is 0 Å². The number of benzene rings is 1. The molecule has 2 aromatic rings. The van der Waals surface area contributed by atoms with Gasteiger partial charge in [-0.05, 0) is 24.1 Å². The van der Waals surface area contributed by atoms with Gasteiger partial charge in [0.05, 0.1) is 0 Å². The van der Waals surface area contributed by atoms with Gasteiger partial charge in [0.1, 0.15) is 5.82 Å². The van der Waals surface area contributed by atoms with E-state index in [2.05, 4.69) is 17.2 Å². The minimum Gasteiger partial charge on any atom is -0.373 e. The lowest BCUT2D eigenvalue weighted by Crippen LogP contribution is -2.32. The van der Waals surface area contributed by atoms with Crippen molar-refractivity contribution in [3.05, 3.63) is 65.9 Å². The molecule has 1 N–H and O–H groups in total. The zero-order chi connectivity index (χ0) is 16.5. The summed E-state index contributed by atoms with van der Waals surface area (Å²) >= 11 is 0. The summed E-state index contributed by atoms with van der Waals surface area (Å²) in [7, 11) is 1.79. The van der Waals surface area contributed by atoms with Crippen molar-refractivity contribution in [2.24, 2.45) is 0 Å². The summed E-state index contributed by atoms with van der Waals surface area (Å²) in [5, 5.41) is 2.96. The van der Waals surface area contributed by atoms with Gasteiger partial charge >= 0.3 is 0 Å². The van der Waals surface area contributed by atoms with E-state index in [9.17, 15) is 4.79 Å². The second-order valence-electron chi connectivity index (χ2n) is 5.24. The molecule has 0 aliphatic rings. The standard InChI is InChI=1S/C19H23N3O/c1-3-13-22(14-7-10-16-8-5-4-6-9-16)19(23)17-11-12-21-18(15-17)20-2/h4-12,15H,3,13-14H2,1-2H3,(H,20,21). The van der Waals surface area contributed by atoms with Gasteiger partial charge in [0.2, 0.25) is 0 Å². The maximum Gasteiger partial charge on any atom is 0.254 e. The number of carbonyl (C=O) groups excluding carboxylic acids is 1. The number of anilines is 1. The Kier molecular flexibility index (Phi) is 6.36. The predicted octanol–water partition coefficient (Wildman–Crippen LogP) is 3.69. The topological polar surface area (TPSA) is 45.2 Å². The Labute approximate surface area is 137 Å². The van der Waals surface area contributed by atoms with Crippen LogP contribution < -0.4 is 5.32 Å². The highest BCUT2D eigenvalue weighted by atomic mass is 16.2. The highest BCUT2D eigenvalue weighted by Crippen LogP contribution is 2.10. The third-order valence-electron chi connectivity index (χ3n) is 3.48. The Hall–Kier alpha value is -2.62. The average molecular weight is 309 g/mol. The molecular weight excluding hydrogens is 286 g/mol. The van der Waals surface area contributed by atoms with E-state index in [1.165, 1.54) is 0 Å². The lowest BCUT2D eigenvalue weighted by Gasteiger charge is -2.20. The first-order valence-electron chi connectivity index (χ1n) is 7.89. The summed E-state index contributed by atoms with van der Waals surface area (Å²) < 4.78 is 0. The number of aromatic nitrogens is 1. The molecule has 1 heterocycles. The molecule has 0 radical (unpaired) electrons. The number of pyridine rings is 1. The molecule has 2 rings (SSSR count). The Morgan fingerprint density at radius 1 is 1.26 bits per heavy atom. The molecule has 4 heteroatoms. The fraction of sp³-hybridized carbons (Fsp3) is 0.263. The smallest absolute Gasteiger partial charge is 0.254 e. The fourth-order valence-electron chi connectivity index (χ4n) is 2.31. The Morgan fingerprint density at radius 3 is 2.74 bits per heavy atom. The number of carbonyl (C=O) groups is 1. The van der Waals surface area contributed by atoms with E-state index in [-0.39, 0.29) is 5.91 Å². The summed E-state index contributed by atoms with van der Waals surface area (Å²) in [5.74, 6) is 0.732. The molecule has 1 aromatic heterocycles. The zero-order valence-electron chi connectivity index (χ0n) is 13.7. The minimum atomic E-state index is 0.0310. The van der Waals surface area contributed by atoms with E-state index in [1.807, 2.05) is 47.4 Å². The van der Waals surface area contributed by atoms with Crippen LogP contribution in [0, 0.1) is 0 Å². The molecule has 0 atom stereocenters. The molecular formula is C19H23N3O. The molecule has 4 nitrogen and oxygen atoms in total. The minimum absolute atomic E-state index is 0.0310. The first-order valence-corrected chi connectivity index (χ1v) is 7.89. The van der Waals surface area contributed by atoms with Gasteiger partial charge in [0, 0.05) is 31.9 Å². The average Bonchev–Trinajstić information content (AvgIpc) is 2.61. The normalized spacial score (nSPS) is 10.7. The molecule has 0 spiro atoms. The molecule has 0 aliphatic carbocycles. The van der Waals surface area contributed by atoms with Crippen LogP contribution in [0.2, 0.25) is 0 Å². The lowest BCUT2D eigenvalue weighted by molar-refractivity contribution is 0.0774. The van der Waals surface area contributed by atoms with Gasteiger partial charge in [-0.3, -0.25) is 4.79 Å². The third kappa shape index (κ3) is 4.95. The van der Waals surface area contributed by atoms with E-state index >= 15 is 0 Å². The number of hydrogen-bond donors (Lipinski definition) is 1. The second-order valence-corrected chi connectivity index (χ2v) is 5.24. The van der Waals surface area contributed by atoms with Gasteiger partial charge in [-0.25, -0.2) is 4.98 Å². The van der Waals surface area contributed by atoms with Crippen molar-refractivity contribution in [2.45, 2.75) is 13.3 Å². The molecule has 1 aromatic carbocycles. The lowest BCUT2D eigenvalue weighted by atomic mass is 10.2.